The molecule has 2 fully saturated rings. The summed E-state index contributed by atoms with van der Waals surface area (Å²) in [6, 6.07) is 0.689. The summed E-state index contributed by atoms with van der Waals surface area (Å²) in [4.78, 5) is 4.82. The molecule has 1 spiro atoms. The lowest BCUT2D eigenvalue weighted by Crippen LogP contribution is -2.54. The molecule has 1 atom stereocenters. The largest absolute Gasteiger partial charge is 0.356 e. The van der Waals surface area contributed by atoms with Crippen LogP contribution in [0.3, 0.4) is 0 Å². The standard InChI is InChI=1S/C21H37N3O2/c1-2-26-20(25)24-11-7-18(8-12-24)23-13-9-21(10-14-23)16-22-15-17-5-3-4-6-19(17)21/h18,20,22,25H,2-16H2,1H3. The maximum absolute atomic E-state index is 10.0. The zero-order valence-electron chi connectivity index (χ0n) is 16.5. The van der Waals surface area contributed by atoms with Gasteiger partial charge in [-0.25, -0.2) is 0 Å². The molecule has 148 valence electrons. The van der Waals surface area contributed by atoms with E-state index >= 15 is 0 Å². The molecule has 2 saturated heterocycles. The van der Waals surface area contributed by atoms with Gasteiger partial charge in [0, 0.05) is 44.2 Å². The summed E-state index contributed by atoms with van der Waals surface area (Å²) in [5, 5.41) is 13.8. The first-order valence-corrected chi connectivity index (χ1v) is 10.9. The highest BCUT2D eigenvalue weighted by Crippen LogP contribution is 2.47. The average Bonchev–Trinajstić information content (AvgIpc) is 2.69. The van der Waals surface area contributed by atoms with Crippen molar-refractivity contribution in [3.63, 3.8) is 0 Å². The van der Waals surface area contributed by atoms with Crippen LogP contribution in [0.15, 0.2) is 11.1 Å². The molecule has 3 aliphatic heterocycles. The van der Waals surface area contributed by atoms with Crippen LogP contribution in [0.2, 0.25) is 0 Å². The van der Waals surface area contributed by atoms with E-state index in [2.05, 4.69) is 15.1 Å². The van der Waals surface area contributed by atoms with E-state index in [1.54, 1.807) is 5.57 Å². The molecule has 0 amide bonds. The lowest BCUT2D eigenvalue weighted by Gasteiger charge is -2.50. The van der Waals surface area contributed by atoms with E-state index in [1.807, 2.05) is 12.5 Å². The smallest absolute Gasteiger partial charge is 0.216 e. The molecule has 0 aromatic heterocycles. The Morgan fingerprint density at radius 3 is 2.62 bits per heavy atom. The predicted octanol–water partition coefficient (Wildman–Crippen LogP) is 2.32. The number of ether oxygens (including phenoxy) is 1. The highest BCUT2D eigenvalue weighted by atomic mass is 16.6. The SMILES string of the molecule is CCOC(O)N1CCC(N2CCC3(CC2)CNCC2=C3CCCC2)CC1. The minimum absolute atomic E-state index is 0.469. The highest BCUT2D eigenvalue weighted by molar-refractivity contribution is 5.30. The number of piperidine rings is 2. The summed E-state index contributed by atoms with van der Waals surface area (Å²) in [6.45, 7) is 9.26. The summed E-state index contributed by atoms with van der Waals surface area (Å²) in [5.41, 5.74) is 4.09. The van der Waals surface area contributed by atoms with Gasteiger partial charge in [0.1, 0.15) is 0 Å². The molecule has 0 radical (unpaired) electrons. The van der Waals surface area contributed by atoms with E-state index in [0.717, 1.165) is 32.5 Å². The number of nitrogens with zero attached hydrogens (tertiary/aromatic N) is 2. The molecule has 0 saturated carbocycles. The number of rotatable bonds is 4. The topological polar surface area (TPSA) is 48.0 Å². The van der Waals surface area contributed by atoms with Gasteiger partial charge in [-0.15, -0.1) is 0 Å². The average molecular weight is 364 g/mol. The Hall–Kier alpha value is -0.460. The molecule has 1 aliphatic carbocycles. The number of hydrogen-bond acceptors (Lipinski definition) is 5. The molecule has 0 aromatic carbocycles. The first-order valence-electron chi connectivity index (χ1n) is 10.9. The number of likely N-dealkylation sites (tertiary alicyclic amines) is 2. The first kappa shape index (κ1) is 18.9. The van der Waals surface area contributed by atoms with Crippen molar-refractivity contribution in [2.24, 2.45) is 5.41 Å². The Morgan fingerprint density at radius 2 is 1.88 bits per heavy atom. The van der Waals surface area contributed by atoms with E-state index < -0.39 is 6.41 Å². The summed E-state index contributed by atoms with van der Waals surface area (Å²) in [6.07, 6.45) is 9.78. The van der Waals surface area contributed by atoms with Gasteiger partial charge in [0.25, 0.3) is 0 Å². The number of nitrogens with one attached hydrogen (secondary N) is 1. The van der Waals surface area contributed by atoms with Crippen LogP contribution >= 0.6 is 0 Å². The Balaban J connectivity index is 1.32. The Morgan fingerprint density at radius 1 is 1.15 bits per heavy atom. The molecule has 5 heteroatoms. The number of fused-ring (bicyclic) bond motifs is 1. The van der Waals surface area contributed by atoms with Gasteiger partial charge < -0.3 is 20.1 Å². The summed E-state index contributed by atoms with van der Waals surface area (Å²) >= 11 is 0. The van der Waals surface area contributed by atoms with Gasteiger partial charge in [0.05, 0.1) is 0 Å². The van der Waals surface area contributed by atoms with Crippen molar-refractivity contribution in [3.8, 4) is 0 Å². The van der Waals surface area contributed by atoms with Crippen LogP contribution in [0.25, 0.3) is 0 Å². The highest BCUT2D eigenvalue weighted by Gasteiger charge is 2.42. The number of aliphatic hydroxyl groups is 1. The molecule has 5 nitrogen and oxygen atoms in total. The number of hydrogen-bond donors (Lipinski definition) is 2. The second-order valence-corrected chi connectivity index (χ2v) is 8.76. The lowest BCUT2D eigenvalue weighted by molar-refractivity contribution is -0.197. The van der Waals surface area contributed by atoms with Crippen LogP contribution in [0.4, 0.5) is 0 Å². The zero-order chi connectivity index (χ0) is 18.0. The van der Waals surface area contributed by atoms with Crippen molar-refractivity contribution in [1.82, 2.24) is 15.1 Å². The second-order valence-electron chi connectivity index (χ2n) is 8.76. The van der Waals surface area contributed by atoms with Crippen molar-refractivity contribution in [1.29, 1.82) is 0 Å². The third-order valence-electron chi connectivity index (χ3n) is 7.42. The van der Waals surface area contributed by atoms with Crippen molar-refractivity contribution in [2.75, 3.05) is 45.9 Å². The van der Waals surface area contributed by atoms with Gasteiger partial charge in [0.15, 0.2) is 0 Å². The van der Waals surface area contributed by atoms with Crippen molar-refractivity contribution in [2.45, 2.75) is 70.7 Å². The zero-order valence-corrected chi connectivity index (χ0v) is 16.5. The van der Waals surface area contributed by atoms with E-state index in [-0.39, 0.29) is 0 Å². The van der Waals surface area contributed by atoms with Crippen LogP contribution in [-0.2, 0) is 4.74 Å². The Labute approximate surface area is 158 Å². The molecular formula is C21H37N3O2. The molecule has 1 unspecified atom stereocenters. The monoisotopic (exact) mass is 363 g/mol. The fraction of sp³-hybridized carbons (Fsp3) is 0.905. The normalized spacial score (nSPS) is 29.8. The van der Waals surface area contributed by atoms with Crippen LogP contribution < -0.4 is 5.32 Å². The maximum Gasteiger partial charge on any atom is 0.216 e. The fourth-order valence-electron chi connectivity index (χ4n) is 5.88. The van der Waals surface area contributed by atoms with Gasteiger partial charge in [-0.1, -0.05) is 11.1 Å². The summed E-state index contributed by atoms with van der Waals surface area (Å²) < 4.78 is 5.34. The summed E-state index contributed by atoms with van der Waals surface area (Å²) in [7, 11) is 0. The van der Waals surface area contributed by atoms with Crippen LogP contribution in [-0.4, -0.2) is 73.2 Å². The van der Waals surface area contributed by atoms with Crippen molar-refractivity contribution < 1.29 is 9.84 Å². The minimum atomic E-state index is -0.712. The third-order valence-corrected chi connectivity index (χ3v) is 7.42. The molecule has 4 rings (SSSR count). The summed E-state index contributed by atoms with van der Waals surface area (Å²) in [5.74, 6) is 0. The first-order chi connectivity index (χ1) is 12.7. The quantitative estimate of drug-likeness (QED) is 0.593. The number of aliphatic hydroxyl groups excluding tert-OH is 1. The Kier molecular flexibility index (Phi) is 6.01. The van der Waals surface area contributed by atoms with Crippen molar-refractivity contribution >= 4 is 0 Å². The Bertz CT molecular complexity index is 501. The van der Waals surface area contributed by atoms with Gasteiger partial charge in [-0.2, -0.15) is 0 Å². The second kappa shape index (κ2) is 8.27. The van der Waals surface area contributed by atoms with Crippen LogP contribution in [0.1, 0.15) is 58.3 Å². The molecule has 3 heterocycles. The van der Waals surface area contributed by atoms with Crippen molar-refractivity contribution in [3.05, 3.63) is 11.1 Å². The molecule has 0 bridgehead atoms. The third kappa shape index (κ3) is 3.74. The molecule has 0 aromatic rings. The van der Waals surface area contributed by atoms with E-state index in [0.29, 0.717) is 18.1 Å². The van der Waals surface area contributed by atoms with E-state index in [1.165, 1.54) is 58.2 Å². The van der Waals surface area contributed by atoms with Crippen LogP contribution in [0, 0.1) is 5.41 Å². The molecular weight excluding hydrogens is 326 g/mol. The fourth-order valence-corrected chi connectivity index (χ4v) is 5.88. The van der Waals surface area contributed by atoms with E-state index in [4.69, 9.17) is 4.74 Å². The molecule has 26 heavy (non-hydrogen) atoms. The molecule has 4 aliphatic rings. The predicted molar refractivity (Wildman–Crippen MR) is 104 cm³/mol. The maximum atomic E-state index is 10.0. The van der Waals surface area contributed by atoms with Gasteiger partial charge in [0.2, 0.25) is 6.41 Å². The van der Waals surface area contributed by atoms with Gasteiger partial charge >= 0.3 is 0 Å². The van der Waals surface area contributed by atoms with E-state index in [9.17, 15) is 5.11 Å². The van der Waals surface area contributed by atoms with Gasteiger partial charge in [-0.05, 0) is 71.4 Å². The van der Waals surface area contributed by atoms with Gasteiger partial charge in [-0.3, -0.25) is 4.90 Å². The van der Waals surface area contributed by atoms with Crippen LogP contribution in [0.5, 0.6) is 0 Å². The lowest BCUT2D eigenvalue weighted by atomic mass is 9.65. The molecule has 2 N–H and O–H groups in total. The minimum Gasteiger partial charge on any atom is -0.356 e.